The number of benzene rings is 1. The summed E-state index contributed by atoms with van der Waals surface area (Å²) < 4.78 is 5.15. The molecule has 1 aromatic carbocycles. The molecular formula is C18H17ClN6O3. The number of nitrogens with zero attached hydrogens (tertiary/aromatic N) is 4. The summed E-state index contributed by atoms with van der Waals surface area (Å²) in [5.41, 5.74) is 0.932. The van der Waals surface area contributed by atoms with Gasteiger partial charge in [0, 0.05) is 36.9 Å². The smallest absolute Gasteiger partial charge is 0.289 e. The van der Waals surface area contributed by atoms with Crippen molar-refractivity contribution in [2.24, 2.45) is 0 Å². The van der Waals surface area contributed by atoms with E-state index in [2.05, 4.69) is 20.7 Å². The van der Waals surface area contributed by atoms with Gasteiger partial charge in [-0.05, 0) is 36.4 Å². The average Bonchev–Trinajstić information content (AvgIpc) is 3.41. The molecule has 4 rings (SSSR count). The number of furan rings is 1. The summed E-state index contributed by atoms with van der Waals surface area (Å²) in [5.74, 6) is 0.200. The number of rotatable bonds is 4. The Morgan fingerprint density at radius 1 is 1.00 bits per heavy atom. The fourth-order valence-electron chi connectivity index (χ4n) is 2.96. The van der Waals surface area contributed by atoms with Crippen LogP contribution in [0.5, 0.6) is 0 Å². The number of piperazine rings is 1. The Morgan fingerprint density at radius 3 is 2.32 bits per heavy atom. The van der Waals surface area contributed by atoms with Gasteiger partial charge in [0.25, 0.3) is 11.8 Å². The molecule has 0 aliphatic carbocycles. The van der Waals surface area contributed by atoms with E-state index < -0.39 is 0 Å². The van der Waals surface area contributed by atoms with E-state index in [-0.39, 0.29) is 17.5 Å². The Labute approximate surface area is 165 Å². The molecule has 0 radical (unpaired) electrons. The molecule has 10 heteroatoms. The molecule has 0 spiro atoms. The van der Waals surface area contributed by atoms with Gasteiger partial charge in [-0.1, -0.05) is 11.6 Å². The summed E-state index contributed by atoms with van der Waals surface area (Å²) in [6, 6.07) is 10.3. The number of halogens is 1. The Bertz CT molecular complexity index is 962. The van der Waals surface area contributed by atoms with E-state index in [1.165, 1.54) is 6.26 Å². The lowest BCUT2D eigenvalue weighted by Gasteiger charge is -2.34. The third-order valence-electron chi connectivity index (χ3n) is 4.44. The van der Waals surface area contributed by atoms with E-state index >= 15 is 0 Å². The molecule has 0 saturated carbocycles. The monoisotopic (exact) mass is 400 g/mol. The number of hydrogen-bond acceptors (Lipinski definition) is 6. The van der Waals surface area contributed by atoms with Crippen molar-refractivity contribution in [3.63, 3.8) is 0 Å². The Morgan fingerprint density at radius 2 is 1.68 bits per heavy atom. The van der Waals surface area contributed by atoms with E-state index in [0.717, 1.165) is 5.69 Å². The van der Waals surface area contributed by atoms with E-state index in [1.807, 2.05) is 0 Å². The zero-order valence-corrected chi connectivity index (χ0v) is 15.5. The van der Waals surface area contributed by atoms with Crippen molar-refractivity contribution in [3.8, 4) is 0 Å². The van der Waals surface area contributed by atoms with Crippen LogP contribution in [-0.4, -0.2) is 63.2 Å². The number of aromatic nitrogens is 3. The molecule has 28 heavy (non-hydrogen) atoms. The van der Waals surface area contributed by atoms with Crippen LogP contribution in [0.2, 0.25) is 5.02 Å². The van der Waals surface area contributed by atoms with Gasteiger partial charge < -0.3 is 19.5 Å². The summed E-state index contributed by atoms with van der Waals surface area (Å²) in [7, 11) is 0. The summed E-state index contributed by atoms with van der Waals surface area (Å²) in [6.45, 7) is 1.64. The van der Waals surface area contributed by atoms with Gasteiger partial charge in [-0.15, -0.1) is 10.2 Å². The molecule has 3 heterocycles. The third kappa shape index (κ3) is 3.70. The molecule has 1 aliphatic rings. The van der Waals surface area contributed by atoms with Crippen molar-refractivity contribution in [1.82, 2.24) is 25.2 Å². The average molecular weight is 401 g/mol. The fourth-order valence-corrected chi connectivity index (χ4v) is 3.08. The zero-order chi connectivity index (χ0) is 19.5. The van der Waals surface area contributed by atoms with Crippen LogP contribution < -0.4 is 5.32 Å². The molecular weight excluding hydrogens is 384 g/mol. The second kappa shape index (κ2) is 7.73. The first kappa shape index (κ1) is 18.1. The minimum atomic E-state index is -0.254. The molecule has 0 bridgehead atoms. The molecule has 2 N–H and O–H groups in total. The van der Waals surface area contributed by atoms with Crippen molar-refractivity contribution in [1.29, 1.82) is 0 Å². The Balaban J connectivity index is 1.40. The Kier molecular flexibility index (Phi) is 4.98. The first-order valence-corrected chi connectivity index (χ1v) is 9.05. The number of H-pyrrole nitrogens is 1. The quantitative estimate of drug-likeness (QED) is 0.696. The molecule has 1 fully saturated rings. The molecule has 3 aromatic rings. The highest BCUT2D eigenvalue weighted by molar-refractivity contribution is 6.30. The minimum Gasteiger partial charge on any atom is -0.459 e. The van der Waals surface area contributed by atoms with Gasteiger partial charge in [0.15, 0.2) is 17.3 Å². The standard InChI is InChI=1S/C18H17ClN6O3/c19-12-3-5-13(6-4-12)20-16-15(21-23-22-16)18(27)25-9-7-24(8-10-25)17(26)14-2-1-11-28-14/h1-6,11H,7-10H2,(H2,20,21,22,23). The topological polar surface area (TPSA) is 107 Å². The van der Waals surface area contributed by atoms with Crippen LogP contribution in [-0.2, 0) is 0 Å². The van der Waals surface area contributed by atoms with Gasteiger partial charge in [-0.2, -0.15) is 5.21 Å². The number of carbonyl (C=O) groups excluding carboxylic acids is 2. The second-order valence-corrected chi connectivity index (χ2v) is 6.65. The maximum absolute atomic E-state index is 12.9. The number of hydrogen-bond donors (Lipinski definition) is 2. The second-order valence-electron chi connectivity index (χ2n) is 6.21. The van der Waals surface area contributed by atoms with Crippen LogP contribution in [0.3, 0.4) is 0 Å². The summed E-state index contributed by atoms with van der Waals surface area (Å²) in [6.07, 6.45) is 1.47. The van der Waals surface area contributed by atoms with Crippen LogP contribution in [0.15, 0.2) is 47.1 Å². The van der Waals surface area contributed by atoms with E-state index in [1.54, 1.807) is 46.2 Å². The van der Waals surface area contributed by atoms with Gasteiger partial charge in [-0.25, -0.2) is 0 Å². The van der Waals surface area contributed by atoms with Crippen molar-refractivity contribution >= 4 is 34.9 Å². The predicted octanol–water partition coefficient (Wildman–Crippen LogP) is 2.39. The van der Waals surface area contributed by atoms with Gasteiger partial charge in [0.1, 0.15) is 0 Å². The highest BCUT2D eigenvalue weighted by atomic mass is 35.5. The zero-order valence-electron chi connectivity index (χ0n) is 14.8. The SMILES string of the molecule is O=C(c1ccco1)N1CCN(C(=O)c2n[nH]nc2Nc2ccc(Cl)cc2)CC1. The molecule has 9 nitrogen and oxygen atoms in total. The van der Waals surface area contributed by atoms with Gasteiger partial charge in [-0.3, -0.25) is 9.59 Å². The van der Waals surface area contributed by atoms with Gasteiger partial charge in [0.2, 0.25) is 0 Å². The molecule has 2 aromatic heterocycles. The molecule has 1 aliphatic heterocycles. The normalized spacial score (nSPS) is 14.2. The molecule has 144 valence electrons. The van der Waals surface area contributed by atoms with Gasteiger partial charge in [0.05, 0.1) is 6.26 Å². The van der Waals surface area contributed by atoms with Crippen molar-refractivity contribution in [3.05, 3.63) is 59.1 Å². The highest BCUT2D eigenvalue weighted by Crippen LogP contribution is 2.21. The molecule has 1 saturated heterocycles. The van der Waals surface area contributed by atoms with Crippen LogP contribution >= 0.6 is 11.6 Å². The maximum Gasteiger partial charge on any atom is 0.289 e. The summed E-state index contributed by atoms with van der Waals surface area (Å²) >= 11 is 5.89. The summed E-state index contributed by atoms with van der Waals surface area (Å²) in [5, 5.41) is 14.2. The van der Waals surface area contributed by atoms with Crippen molar-refractivity contribution in [2.75, 3.05) is 31.5 Å². The van der Waals surface area contributed by atoms with E-state index in [4.69, 9.17) is 16.0 Å². The first-order chi connectivity index (χ1) is 13.6. The lowest BCUT2D eigenvalue weighted by atomic mass is 10.2. The Hall–Kier alpha value is -3.33. The van der Waals surface area contributed by atoms with Crippen LogP contribution in [0, 0.1) is 0 Å². The van der Waals surface area contributed by atoms with Crippen LogP contribution in [0.1, 0.15) is 21.0 Å². The molecule has 0 atom stereocenters. The predicted molar refractivity (Wildman–Crippen MR) is 102 cm³/mol. The third-order valence-corrected chi connectivity index (χ3v) is 4.70. The fraction of sp³-hybridized carbons (Fsp3) is 0.222. The van der Waals surface area contributed by atoms with E-state index in [9.17, 15) is 9.59 Å². The van der Waals surface area contributed by atoms with Crippen molar-refractivity contribution in [2.45, 2.75) is 0 Å². The summed E-state index contributed by atoms with van der Waals surface area (Å²) in [4.78, 5) is 28.5. The lowest BCUT2D eigenvalue weighted by Crippen LogP contribution is -2.50. The van der Waals surface area contributed by atoms with Gasteiger partial charge >= 0.3 is 0 Å². The number of aromatic amines is 1. The van der Waals surface area contributed by atoms with Crippen molar-refractivity contribution < 1.29 is 14.0 Å². The molecule has 2 amide bonds. The number of nitrogens with one attached hydrogen (secondary N) is 2. The highest BCUT2D eigenvalue weighted by Gasteiger charge is 2.29. The number of amides is 2. The number of carbonyl (C=O) groups is 2. The van der Waals surface area contributed by atoms with Crippen LogP contribution in [0.25, 0.3) is 0 Å². The van der Waals surface area contributed by atoms with E-state index in [0.29, 0.717) is 42.8 Å². The first-order valence-electron chi connectivity index (χ1n) is 8.67. The largest absolute Gasteiger partial charge is 0.459 e. The maximum atomic E-state index is 12.9. The van der Waals surface area contributed by atoms with Crippen LogP contribution in [0.4, 0.5) is 11.5 Å². The number of anilines is 2. The lowest BCUT2D eigenvalue weighted by molar-refractivity contribution is 0.0515. The minimum absolute atomic E-state index is 0.177. The molecule has 0 unspecified atom stereocenters.